The average molecular weight is 337 g/mol. The number of carbonyl (C=O) groups is 2. The molecular formula is C19H15NO5. The van der Waals surface area contributed by atoms with Gasteiger partial charge in [-0.3, -0.25) is 5.32 Å². The summed E-state index contributed by atoms with van der Waals surface area (Å²) in [7, 11) is 0. The van der Waals surface area contributed by atoms with E-state index in [1.807, 2.05) is 30.3 Å². The fourth-order valence-corrected chi connectivity index (χ4v) is 2.20. The van der Waals surface area contributed by atoms with Gasteiger partial charge < -0.3 is 14.3 Å². The molecule has 3 rings (SSSR count). The van der Waals surface area contributed by atoms with Gasteiger partial charge in [0.15, 0.2) is 0 Å². The van der Waals surface area contributed by atoms with Crippen LogP contribution >= 0.6 is 0 Å². The van der Waals surface area contributed by atoms with Gasteiger partial charge >= 0.3 is 12.1 Å². The van der Waals surface area contributed by atoms with Gasteiger partial charge in [0.2, 0.25) is 5.76 Å². The minimum absolute atomic E-state index is 0.123. The van der Waals surface area contributed by atoms with Crippen molar-refractivity contribution in [3.63, 3.8) is 0 Å². The minimum atomic E-state index is -1.12. The lowest BCUT2D eigenvalue weighted by molar-refractivity contribution is 0.0663. The zero-order valence-electron chi connectivity index (χ0n) is 13.1. The maximum atomic E-state index is 11.8. The molecule has 0 aliphatic carbocycles. The maximum absolute atomic E-state index is 11.8. The summed E-state index contributed by atoms with van der Waals surface area (Å²) in [4.78, 5) is 22.6. The molecule has 0 atom stereocenters. The summed E-state index contributed by atoms with van der Waals surface area (Å²) >= 11 is 0. The molecule has 0 aliphatic rings. The third kappa shape index (κ3) is 4.26. The monoisotopic (exact) mass is 337 g/mol. The average Bonchev–Trinajstić information content (AvgIpc) is 3.12. The lowest BCUT2D eigenvalue weighted by Gasteiger charge is -2.07. The van der Waals surface area contributed by atoms with Crippen LogP contribution in [0.4, 0.5) is 10.5 Å². The van der Waals surface area contributed by atoms with Crippen LogP contribution in [0.15, 0.2) is 71.1 Å². The number of rotatable bonds is 5. The number of carboxylic acid groups (broad SMARTS) is 1. The first-order valence-electron chi connectivity index (χ1n) is 7.53. The second kappa shape index (κ2) is 7.35. The molecule has 0 unspecified atom stereocenters. The number of furan rings is 1. The Morgan fingerprint density at radius 3 is 2.32 bits per heavy atom. The zero-order chi connectivity index (χ0) is 17.6. The van der Waals surface area contributed by atoms with E-state index in [-0.39, 0.29) is 12.4 Å². The predicted octanol–water partition coefficient (Wildman–Crippen LogP) is 4.39. The Hall–Kier alpha value is -3.54. The lowest BCUT2D eigenvalue weighted by Crippen LogP contribution is -2.13. The van der Waals surface area contributed by atoms with Crippen LogP contribution in [-0.2, 0) is 11.3 Å². The van der Waals surface area contributed by atoms with Crippen LogP contribution in [0.2, 0.25) is 0 Å². The summed E-state index contributed by atoms with van der Waals surface area (Å²) in [5, 5.41) is 11.5. The van der Waals surface area contributed by atoms with Crippen molar-refractivity contribution in [1.29, 1.82) is 0 Å². The van der Waals surface area contributed by atoms with Crippen molar-refractivity contribution >= 4 is 17.7 Å². The molecular weight excluding hydrogens is 322 g/mol. The standard InChI is InChI=1S/C19H15NO5/c21-18(22)17-11-10-16(25-17)14-6-8-15(9-7-14)20-19(23)24-12-13-4-2-1-3-5-13/h1-11H,12H2,(H,20,23)(H,21,22). The van der Waals surface area contributed by atoms with Gasteiger partial charge in [0, 0.05) is 11.3 Å². The highest BCUT2D eigenvalue weighted by Gasteiger charge is 2.10. The third-order valence-corrected chi connectivity index (χ3v) is 3.45. The number of carboxylic acids is 1. The molecule has 0 saturated heterocycles. The highest BCUT2D eigenvalue weighted by molar-refractivity contribution is 5.86. The third-order valence-electron chi connectivity index (χ3n) is 3.45. The molecule has 2 aromatic carbocycles. The van der Waals surface area contributed by atoms with Gasteiger partial charge in [0.1, 0.15) is 12.4 Å². The highest BCUT2D eigenvalue weighted by Crippen LogP contribution is 2.24. The quantitative estimate of drug-likeness (QED) is 0.720. The number of ether oxygens (including phenoxy) is 1. The summed E-state index contributed by atoms with van der Waals surface area (Å²) in [6.45, 7) is 0.190. The van der Waals surface area contributed by atoms with Crippen LogP contribution in [-0.4, -0.2) is 17.2 Å². The van der Waals surface area contributed by atoms with Crippen LogP contribution in [0.1, 0.15) is 16.1 Å². The van der Waals surface area contributed by atoms with Crippen molar-refractivity contribution in [3.8, 4) is 11.3 Å². The van der Waals surface area contributed by atoms with Crippen molar-refractivity contribution in [2.45, 2.75) is 6.61 Å². The van der Waals surface area contributed by atoms with Crippen molar-refractivity contribution in [2.24, 2.45) is 0 Å². The summed E-state index contributed by atoms with van der Waals surface area (Å²) in [6, 6.07) is 19.2. The van der Waals surface area contributed by atoms with Gasteiger partial charge in [-0.15, -0.1) is 0 Å². The van der Waals surface area contributed by atoms with E-state index in [4.69, 9.17) is 14.3 Å². The van der Waals surface area contributed by atoms with Crippen LogP contribution in [0.3, 0.4) is 0 Å². The summed E-state index contributed by atoms with van der Waals surface area (Å²) < 4.78 is 10.4. The molecule has 25 heavy (non-hydrogen) atoms. The molecule has 0 spiro atoms. The molecule has 126 valence electrons. The van der Waals surface area contributed by atoms with E-state index in [0.29, 0.717) is 17.0 Å². The summed E-state index contributed by atoms with van der Waals surface area (Å²) in [5.74, 6) is -0.803. The number of hydrogen-bond donors (Lipinski definition) is 2. The zero-order valence-corrected chi connectivity index (χ0v) is 13.1. The number of benzene rings is 2. The van der Waals surface area contributed by atoms with Crippen molar-refractivity contribution in [1.82, 2.24) is 0 Å². The number of carbonyl (C=O) groups excluding carboxylic acids is 1. The first kappa shape index (κ1) is 16.3. The molecule has 0 bridgehead atoms. The fraction of sp³-hybridized carbons (Fsp3) is 0.0526. The molecule has 0 radical (unpaired) electrons. The lowest BCUT2D eigenvalue weighted by atomic mass is 10.1. The molecule has 1 heterocycles. The van der Waals surface area contributed by atoms with Gasteiger partial charge in [-0.25, -0.2) is 9.59 Å². The van der Waals surface area contributed by atoms with Gasteiger partial charge in [-0.05, 0) is 42.0 Å². The molecule has 2 N–H and O–H groups in total. The Morgan fingerprint density at radius 1 is 0.960 bits per heavy atom. The molecule has 0 aliphatic heterocycles. The first-order chi connectivity index (χ1) is 12.1. The van der Waals surface area contributed by atoms with Crippen LogP contribution in [0.25, 0.3) is 11.3 Å². The van der Waals surface area contributed by atoms with Crippen LogP contribution in [0.5, 0.6) is 0 Å². The Balaban J connectivity index is 1.58. The molecule has 6 heteroatoms. The molecule has 6 nitrogen and oxygen atoms in total. The number of hydrogen-bond acceptors (Lipinski definition) is 4. The summed E-state index contributed by atoms with van der Waals surface area (Å²) in [5.41, 5.74) is 2.17. The first-order valence-corrected chi connectivity index (χ1v) is 7.53. The van der Waals surface area contributed by atoms with Crippen molar-refractivity contribution in [3.05, 3.63) is 78.1 Å². The van der Waals surface area contributed by atoms with E-state index in [2.05, 4.69) is 5.32 Å². The van der Waals surface area contributed by atoms with E-state index in [1.165, 1.54) is 6.07 Å². The number of anilines is 1. The topological polar surface area (TPSA) is 88.8 Å². The Bertz CT molecular complexity index is 868. The smallest absolute Gasteiger partial charge is 0.411 e. The molecule has 0 fully saturated rings. The molecule has 0 saturated carbocycles. The highest BCUT2D eigenvalue weighted by atomic mass is 16.5. The normalized spacial score (nSPS) is 10.2. The summed E-state index contributed by atoms with van der Waals surface area (Å²) in [6.07, 6.45) is -0.553. The maximum Gasteiger partial charge on any atom is 0.411 e. The Kier molecular flexibility index (Phi) is 4.80. The minimum Gasteiger partial charge on any atom is -0.475 e. The van der Waals surface area contributed by atoms with Gasteiger partial charge in [-0.2, -0.15) is 0 Å². The van der Waals surface area contributed by atoms with Gasteiger partial charge in [0.05, 0.1) is 0 Å². The van der Waals surface area contributed by atoms with E-state index in [9.17, 15) is 9.59 Å². The number of aromatic carboxylic acids is 1. The van der Waals surface area contributed by atoms with E-state index in [0.717, 1.165) is 5.56 Å². The second-order valence-corrected chi connectivity index (χ2v) is 5.23. The number of amides is 1. The Labute approximate surface area is 143 Å². The van der Waals surface area contributed by atoms with E-state index in [1.54, 1.807) is 30.3 Å². The van der Waals surface area contributed by atoms with Crippen LogP contribution in [0, 0.1) is 0 Å². The molecule has 1 aromatic heterocycles. The van der Waals surface area contributed by atoms with Gasteiger partial charge in [0.25, 0.3) is 0 Å². The Morgan fingerprint density at radius 2 is 1.68 bits per heavy atom. The number of nitrogens with one attached hydrogen (secondary N) is 1. The predicted molar refractivity (Wildman–Crippen MR) is 91.4 cm³/mol. The molecule has 1 amide bonds. The van der Waals surface area contributed by atoms with E-state index < -0.39 is 12.1 Å². The largest absolute Gasteiger partial charge is 0.475 e. The van der Waals surface area contributed by atoms with Crippen LogP contribution < -0.4 is 5.32 Å². The van der Waals surface area contributed by atoms with Gasteiger partial charge in [-0.1, -0.05) is 30.3 Å². The molecule has 3 aromatic rings. The fourth-order valence-electron chi connectivity index (χ4n) is 2.20. The second-order valence-electron chi connectivity index (χ2n) is 5.23. The van der Waals surface area contributed by atoms with Crippen molar-refractivity contribution in [2.75, 3.05) is 5.32 Å². The SMILES string of the molecule is O=C(Nc1ccc(-c2ccc(C(=O)O)o2)cc1)OCc1ccccc1. The van der Waals surface area contributed by atoms with Crippen molar-refractivity contribution < 1.29 is 23.8 Å². The van der Waals surface area contributed by atoms with E-state index >= 15 is 0 Å².